The Hall–Kier alpha value is -3.77. The van der Waals surface area contributed by atoms with E-state index in [2.05, 4.69) is 0 Å². The number of nitrogens with zero attached hydrogens (tertiary/aromatic N) is 2. The Balaban J connectivity index is 1.62. The summed E-state index contributed by atoms with van der Waals surface area (Å²) in [5.41, 5.74) is 1.87. The number of rotatable bonds is 7. The van der Waals surface area contributed by atoms with E-state index in [0.717, 1.165) is 5.69 Å². The molecule has 0 saturated heterocycles. The molecule has 3 aromatic rings. The minimum atomic E-state index is -1.06. The van der Waals surface area contributed by atoms with E-state index in [-0.39, 0.29) is 23.5 Å². The van der Waals surface area contributed by atoms with E-state index in [1.165, 1.54) is 0 Å². The molecule has 2 amide bonds. The van der Waals surface area contributed by atoms with Crippen molar-refractivity contribution in [2.75, 3.05) is 18.5 Å². The van der Waals surface area contributed by atoms with E-state index in [9.17, 15) is 14.4 Å². The number of amides is 2. The molecule has 4 rings (SSSR count). The van der Waals surface area contributed by atoms with Gasteiger partial charge in [0.2, 0.25) is 0 Å². The molecule has 1 atom stereocenters. The lowest BCUT2D eigenvalue weighted by Gasteiger charge is -2.27. The smallest absolute Gasteiger partial charge is 0.285 e. The average Bonchev–Trinajstić information content (AvgIpc) is 3.04. The number of para-hydroxylation sites is 1. The molecule has 0 radical (unpaired) electrons. The summed E-state index contributed by atoms with van der Waals surface area (Å²) in [6.07, 6.45) is -1.06. The molecule has 0 spiro atoms. The van der Waals surface area contributed by atoms with E-state index in [1.54, 1.807) is 48.5 Å². The van der Waals surface area contributed by atoms with Gasteiger partial charge < -0.3 is 4.90 Å². The first kappa shape index (κ1) is 19.5. The molecule has 1 heterocycles. The summed E-state index contributed by atoms with van der Waals surface area (Å²) < 4.78 is 0. The van der Waals surface area contributed by atoms with Crippen LogP contribution < -0.4 is 4.90 Å². The normalized spacial score (nSPS) is 13.8. The Bertz CT molecular complexity index is 1050. The van der Waals surface area contributed by atoms with Crippen LogP contribution in [-0.2, 0) is 4.84 Å². The largest absolute Gasteiger partial charge is 0.371 e. The molecule has 3 aromatic carbocycles. The fourth-order valence-electron chi connectivity index (χ4n) is 3.38. The van der Waals surface area contributed by atoms with Gasteiger partial charge >= 0.3 is 0 Å². The van der Waals surface area contributed by atoms with Gasteiger partial charge in [0.1, 0.15) is 0 Å². The number of Topliss-reactive ketones (excluding diaryl/α,β-unsaturated/α-hetero) is 1. The fourth-order valence-corrected chi connectivity index (χ4v) is 3.38. The first-order valence-corrected chi connectivity index (χ1v) is 9.56. The number of anilines is 1. The second kappa shape index (κ2) is 8.31. The van der Waals surface area contributed by atoms with Crippen LogP contribution in [0.5, 0.6) is 0 Å². The van der Waals surface area contributed by atoms with Crippen LogP contribution in [0.4, 0.5) is 5.69 Å². The molecule has 30 heavy (non-hydrogen) atoms. The number of likely N-dealkylation sites (N-methyl/N-ethyl adjacent to an activating group) is 1. The van der Waals surface area contributed by atoms with Crippen molar-refractivity contribution < 1.29 is 19.2 Å². The predicted molar refractivity (Wildman–Crippen MR) is 112 cm³/mol. The summed E-state index contributed by atoms with van der Waals surface area (Å²) in [7, 11) is 1.83. The molecule has 0 aliphatic carbocycles. The van der Waals surface area contributed by atoms with Gasteiger partial charge in [0.25, 0.3) is 11.8 Å². The molecule has 1 aliphatic heterocycles. The predicted octanol–water partition coefficient (Wildman–Crippen LogP) is 3.60. The Morgan fingerprint density at radius 1 is 0.833 bits per heavy atom. The zero-order chi connectivity index (χ0) is 21.1. The third kappa shape index (κ3) is 3.73. The van der Waals surface area contributed by atoms with Gasteiger partial charge in [-0.05, 0) is 24.3 Å². The lowest BCUT2D eigenvalue weighted by atomic mass is 10.1. The van der Waals surface area contributed by atoms with E-state index >= 15 is 0 Å². The number of carbonyl (C=O) groups is 3. The standard InChI is InChI=1S/C24H20N2O4/c1-25(18-12-6-3-7-13-18)16-21(22(27)17-10-4-2-5-11-17)30-26-23(28)19-14-8-9-15-20(19)24(26)29/h2-15,21H,16H2,1H3. The van der Waals surface area contributed by atoms with Crippen molar-refractivity contribution in [2.45, 2.75) is 6.10 Å². The number of hydroxylamine groups is 2. The first-order valence-electron chi connectivity index (χ1n) is 9.56. The average molecular weight is 400 g/mol. The highest BCUT2D eigenvalue weighted by molar-refractivity contribution is 6.20. The van der Waals surface area contributed by atoms with Crippen molar-refractivity contribution in [3.05, 3.63) is 102 Å². The van der Waals surface area contributed by atoms with Gasteiger partial charge in [-0.15, -0.1) is 5.06 Å². The van der Waals surface area contributed by atoms with Gasteiger partial charge in [-0.3, -0.25) is 14.4 Å². The highest BCUT2D eigenvalue weighted by Crippen LogP contribution is 2.25. The van der Waals surface area contributed by atoms with E-state index in [4.69, 9.17) is 4.84 Å². The van der Waals surface area contributed by atoms with Crippen molar-refractivity contribution in [3.8, 4) is 0 Å². The number of fused-ring (bicyclic) bond motifs is 1. The van der Waals surface area contributed by atoms with Gasteiger partial charge in [-0.1, -0.05) is 60.7 Å². The topological polar surface area (TPSA) is 66.9 Å². The third-order valence-corrected chi connectivity index (χ3v) is 4.98. The Kier molecular flexibility index (Phi) is 5.41. The van der Waals surface area contributed by atoms with Crippen LogP contribution in [0, 0.1) is 0 Å². The molecular weight excluding hydrogens is 380 g/mol. The monoisotopic (exact) mass is 400 g/mol. The SMILES string of the molecule is CN(CC(ON1C(=O)c2ccccc2C1=O)C(=O)c1ccccc1)c1ccccc1. The maximum absolute atomic E-state index is 13.2. The number of carbonyl (C=O) groups excluding carboxylic acids is 3. The molecule has 0 fully saturated rings. The summed E-state index contributed by atoms with van der Waals surface area (Å²) in [5.74, 6) is -1.44. The molecule has 6 nitrogen and oxygen atoms in total. The van der Waals surface area contributed by atoms with Crippen molar-refractivity contribution in [3.63, 3.8) is 0 Å². The third-order valence-electron chi connectivity index (χ3n) is 4.98. The summed E-state index contributed by atoms with van der Waals surface area (Å²) in [6.45, 7) is 0.158. The highest BCUT2D eigenvalue weighted by atomic mass is 16.7. The van der Waals surface area contributed by atoms with Gasteiger partial charge in [-0.25, -0.2) is 4.84 Å². The van der Waals surface area contributed by atoms with Crippen LogP contribution >= 0.6 is 0 Å². The van der Waals surface area contributed by atoms with Gasteiger partial charge in [-0.2, -0.15) is 0 Å². The zero-order valence-corrected chi connectivity index (χ0v) is 16.4. The van der Waals surface area contributed by atoms with E-state index in [0.29, 0.717) is 10.6 Å². The molecule has 0 N–H and O–H groups in total. The minimum absolute atomic E-state index is 0.158. The van der Waals surface area contributed by atoms with Crippen LogP contribution in [0.3, 0.4) is 0 Å². The maximum Gasteiger partial charge on any atom is 0.285 e. The Morgan fingerprint density at radius 3 is 1.90 bits per heavy atom. The molecule has 0 aromatic heterocycles. The van der Waals surface area contributed by atoms with Crippen LogP contribution in [0.2, 0.25) is 0 Å². The number of hydrogen-bond donors (Lipinski definition) is 0. The van der Waals surface area contributed by atoms with Crippen LogP contribution in [0.15, 0.2) is 84.9 Å². The van der Waals surface area contributed by atoms with Crippen LogP contribution in [0.1, 0.15) is 31.1 Å². The summed E-state index contributed by atoms with van der Waals surface area (Å²) in [4.78, 5) is 46.2. The number of imide groups is 1. The molecule has 0 saturated carbocycles. The van der Waals surface area contributed by atoms with E-state index < -0.39 is 17.9 Å². The highest BCUT2D eigenvalue weighted by Gasteiger charge is 2.39. The zero-order valence-electron chi connectivity index (χ0n) is 16.4. The van der Waals surface area contributed by atoms with Crippen molar-refractivity contribution >= 4 is 23.3 Å². The second-order valence-electron chi connectivity index (χ2n) is 6.99. The molecular formula is C24H20N2O4. The van der Waals surface area contributed by atoms with Crippen molar-refractivity contribution in [1.29, 1.82) is 0 Å². The number of ketones is 1. The molecule has 150 valence electrons. The van der Waals surface area contributed by atoms with Gasteiger partial charge in [0.05, 0.1) is 17.7 Å². The fraction of sp³-hybridized carbons (Fsp3) is 0.125. The van der Waals surface area contributed by atoms with E-state index in [1.807, 2.05) is 48.3 Å². The lowest BCUT2D eigenvalue weighted by molar-refractivity contribution is -0.114. The van der Waals surface area contributed by atoms with Gasteiger partial charge in [0, 0.05) is 18.3 Å². The molecule has 6 heteroatoms. The summed E-state index contributed by atoms with van der Waals surface area (Å²) in [6, 6.07) is 24.7. The molecule has 1 unspecified atom stereocenters. The van der Waals surface area contributed by atoms with Crippen LogP contribution in [-0.4, -0.2) is 42.4 Å². The lowest BCUT2D eigenvalue weighted by Crippen LogP contribution is -2.44. The van der Waals surface area contributed by atoms with Gasteiger partial charge in [0.15, 0.2) is 11.9 Å². The molecule has 1 aliphatic rings. The Labute approximate surface area is 174 Å². The van der Waals surface area contributed by atoms with Crippen LogP contribution in [0.25, 0.3) is 0 Å². The number of benzene rings is 3. The summed E-state index contributed by atoms with van der Waals surface area (Å²) in [5, 5.41) is 0.703. The quantitative estimate of drug-likeness (QED) is 0.448. The Morgan fingerprint density at radius 2 is 1.33 bits per heavy atom. The molecule has 0 bridgehead atoms. The first-order chi connectivity index (χ1) is 14.6. The van der Waals surface area contributed by atoms with Crippen molar-refractivity contribution in [1.82, 2.24) is 5.06 Å². The maximum atomic E-state index is 13.2. The second-order valence-corrected chi connectivity index (χ2v) is 6.99. The minimum Gasteiger partial charge on any atom is -0.371 e. The van der Waals surface area contributed by atoms with Crippen molar-refractivity contribution in [2.24, 2.45) is 0 Å². The number of hydrogen-bond acceptors (Lipinski definition) is 5. The summed E-state index contributed by atoms with van der Waals surface area (Å²) >= 11 is 0.